The molecule has 4 N–H and O–H groups in total. The van der Waals surface area contributed by atoms with Gasteiger partial charge in [-0.3, -0.25) is 4.79 Å². The van der Waals surface area contributed by atoms with Gasteiger partial charge in [0.05, 0.1) is 17.5 Å². The Balaban J connectivity index is 3.02. The average molecular weight is 381 g/mol. The van der Waals surface area contributed by atoms with E-state index in [0.29, 0.717) is 5.75 Å². The fourth-order valence-corrected chi connectivity index (χ4v) is 2.57. The molecule has 0 unspecified atom stereocenters. The van der Waals surface area contributed by atoms with Crippen LogP contribution in [0.25, 0.3) is 0 Å². The topological polar surface area (TPSA) is 102 Å². The SMILES string of the molecule is CC(C)c1cccc(C(C)C)c1OC(=O)C[C@H](NC(=S)[C@H](C)N)C(=O)O. The van der Waals surface area contributed by atoms with Crippen molar-refractivity contribution in [3.8, 4) is 5.75 Å². The molecule has 26 heavy (non-hydrogen) atoms. The highest BCUT2D eigenvalue weighted by molar-refractivity contribution is 7.80. The second-order valence-electron chi connectivity index (χ2n) is 6.94. The Morgan fingerprint density at radius 3 is 2.04 bits per heavy atom. The summed E-state index contributed by atoms with van der Waals surface area (Å²) in [6, 6.07) is 4.08. The van der Waals surface area contributed by atoms with Crippen molar-refractivity contribution >= 4 is 29.1 Å². The molecule has 0 fully saturated rings. The molecule has 6 nitrogen and oxygen atoms in total. The largest absolute Gasteiger partial charge is 0.480 e. The Hall–Kier alpha value is -1.99. The van der Waals surface area contributed by atoms with Gasteiger partial charge in [-0.1, -0.05) is 58.1 Å². The number of benzene rings is 1. The van der Waals surface area contributed by atoms with E-state index in [2.05, 4.69) is 5.32 Å². The van der Waals surface area contributed by atoms with E-state index in [1.807, 2.05) is 45.9 Å². The number of carbonyl (C=O) groups excluding carboxylic acids is 1. The van der Waals surface area contributed by atoms with E-state index in [0.717, 1.165) is 11.1 Å². The fourth-order valence-electron chi connectivity index (χ4n) is 2.43. The minimum Gasteiger partial charge on any atom is -0.480 e. The van der Waals surface area contributed by atoms with Crippen LogP contribution in [0.3, 0.4) is 0 Å². The summed E-state index contributed by atoms with van der Waals surface area (Å²) in [4.78, 5) is 24.0. The van der Waals surface area contributed by atoms with Crippen LogP contribution in [0.15, 0.2) is 18.2 Å². The first-order chi connectivity index (χ1) is 12.0. The summed E-state index contributed by atoms with van der Waals surface area (Å²) in [6.45, 7) is 9.69. The molecule has 2 atom stereocenters. The molecular weight excluding hydrogens is 352 g/mol. The van der Waals surface area contributed by atoms with Crippen molar-refractivity contribution in [1.82, 2.24) is 5.32 Å². The third kappa shape index (κ3) is 6.07. The molecule has 1 rings (SSSR count). The minimum absolute atomic E-state index is 0.163. The van der Waals surface area contributed by atoms with Crippen molar-refractivity contribution in [2.75, 3.05) is 0 Å². The average Bonchev–Trinajstić information content (AvgIpc) is 2.53. The smallest absolute Gasteiger partial charge is 0.326 e. The Labute approximate surface area is 160 Å². The summed E-state index contributed by atoms with van der Waals surface area (Å²) < 4.78 is 5.61. The Morgan fingerprint density at radius 1 is 1.15 bits per heavy atom. The Kier molecular flexibility index (Phi) is 8.17. The van der Waals surface area contributed by atoms with Crippen molar-refractivity contribution < 1.29 is 19.4 Å². The van der Waals surface area contributed by atoms with E-state index in [1.165, 1.54) is 0 Å². The van der Waals surface area contributed by atoms with Gasteiger partial charge in [0.1, 0.15) is 11.8 Å². The Morgan fingerprint density at radius 2 is 1.65 bits per heavy atom. The van der Waals surface area contributed by atoms with Crippen molar-refractivity contribution in [3.63, 3.8) is 0 Å². The lowest BCUT2D eigenvalue weighted by Gasteiger charge is -2.21. The third-order valence-electron chi connectivity index (χ3n) is 3.93. The van der Waals surface area contributed by atoms with Crippen molar-refractivity contribution in [2.24, 2.45) is 5.73 Å². The number of hydrogen-bond acceptors (Lipinski definition) is 5. The number of para-hydroxylation sites is 1. The van der Waals surface area contributed by atoms with Crippen LogP contribution in [0.5, 0.6) is 5.75 Å². The van der Waals surface area contributed by atoms with Crippen molar-refractivity contribution in [1.29, 1.82) is 0 Å². The normalized spacial score (nSPS) is 13.4. The molecule has 0 aliphatic carbocycles. The maximum atomic E-state index is 12.4. The standard InChI is InChI=1S/C19H28N2O4S/c1-10(2)13-7-6-8-14(11(3)4)17(13)25-16(22)9-15(19(23)24)21-18(26)12(5)20/h6-8,10-12,15H,9,20H2,1-5H3,(H,21,26)(H,23,24)/t12-,15-/m0/s1. The fraction of sp³-hybridized carbons (Fsp3) is 0.526. The molecule has 0 aromatic heterocycles. The molecule has 1 aromatic rings. The molecule has 1 aromatic carbocycles. The molecule has 0 spiro atoms. The zero-order valence-corrected chi connectivity index (χ0v) is 16.7. The second kappa shape index (κ2) is 9.64. The third-order valence-corrected chi connectivity index (χ3v) is 4.42. The number of carbonyl (C=O) groups is 2. The summed E-state index contributed by atoms with van der Waals surface area (Å²) in [6.07, 6.45) is -0.355. The van der Waals surface area contributed by atoms with E-state index in [9.17, 15) is 14.7 Å². The Bertz CT molecular complexity index is 645. The van der Waals surface area contributed by atoms with Crippen LogP contribution in [0.1, 0.15) is 64.0 Å². The van der Waals surface area contributed by atoms with Gasteiger partial charge in [-0.05, 0) is 29.9 Å². The van der Waals surface area contributed by atoms with E-state index in [-0.39, 0.29) is 23.2 Å². The van der Waals surface area contributed by atoms with Gasteiger partial charge in [-0.15, -0.1) is 0 Å². The number of esters is 1. The van der Waals surface area contributed by atoms with Crippen LogP contribution >= 0.6 is 12.2 Å². The zero-order chi connectivity index (χ0) is 20.0. The highest BCUT2D eigenvalue weighted by Crippen LogP contribution is 2.34. The molecule has 0 saturated heterocycles. The highest BCUT2D eigenvalue weighted by atomic mass is 32.1. The molecule has 0 aliphatic rings. The number of ether oxygens (including phenoxy) is 1. The van der Waals surface area contributed by atoms with Crippen LogP contribution in [-0.2, 0) is 9.59 Å². The summed E-state index contributed by atoms with van der Waals surface area (Å²) in [5.41, 5.74) is 7.46. The van der Waals surface area contributed by atoms with E-state index in [1.54, 1.807) is 6.92 Å². The quantitative estimate of drug-likeness (QED) is 0.362. The maximum Gasteiger partial charge on any atom is 0.326 e. The van der Waals surface area contributed by atoms with Crippen molar-refractivity contribution in [2.45, 2.75) is 65.0 Å². The van der Waals surface area contributed by atoms with Crippen LogP contribution in [0.2, 0.25) is 0 Å². The molecule has 0 heterocycles. The summed E-state index contributed by atoms with van der Waals surface area (Å²) in [5.74, 6) is -0.980. The molecule has 0 saturated carbocycles. The first kappa shape index (κ1) is 22.1. The van der Waals surface area contributed by atoms with Crippen LogP contribution in [0.4, 0.5) is 0 Å². The monoisotopic (exact) mass is 380 g/mol. The summed E-state index contributed by atoms with van der Waals surface area (Å²) in [5, 5.41) is 11.9. The number of nitrogens with one attached hydrogen (secondary N) is 1. The maximum absolute atomic E-state index is 12.4. The highest BCUT2D eigenvalue weighted by Gasteiger charge is 2.26. The number of hydrogen-bond donors (Lipinski definition) is 3. The number of thiocarbonyl (C=S) groups is 1. The van der Waals surface area contributed by atoms with Gasteiger partial charge in [0.25, 0.3) is 0 Å². The summed E-state index contributed by atoms with van der Waals surface area (Å²) >= 11 is 5.01. The van der Waals surface area contributed by atoms with Gasteiger partial charge in [0.15, 0.2) is 0 Å². The van der Waals surface area contributed by atoms with Gasteiger partial charge in [-0.25, -0.2) is 4.79 Å². The lowest BCUT2D eigenvalue weighted by atomic mass is 9.94. The number of carboxylic acid groups (broad SMARTS) is 1. The van der Waals surface area contributed by atoms with Gasteiger partial charge in [0, 0.05) is 0 Å². The molecule has 0 radical (unpaired) electrons. The molecule has 144 valence electrons. The number of carboxylic acids is 1. The van der Waals surface area contributed by atoms with Gasteiger partial charge < -0.3 is 20.9 Å². The molecular formula is C19H28N2O4S. The number of rotatable bonds is 8. The number of nitrogens with two attached hydrogens (primary N) is 1. The lowest BCUT2D eigenvalue weighted by molar-refractivity contribution is -0.144. The molecule has 7 heteroatoms. The minimum atomic E-state index is -1.19. The molecule has 0 aliphatic heterocycles. The van der Waals surface area contributed by atoms with E-state index in [4.69, 9.17) is 22.7 Å². The van der Waals surface area contributed by atoms with Crippen LogP contribution in [-0.4, -0.2) is 34.1 Å². The molecule has 0 amide bonds. The van der Waals surface area contributed by atoms with Gasteiger partial charge in [0.2, 0.25) is 0 Å². The van der Waals surface area contributed by atoms with Gasteiger partial charge >= 0.3 is 11.9 Å². The zero-order valence-electron chi connectivity index (χ0n) is 15.9. The molecule has 0 bridgehead atoms. The lowest BCUT2D eigenvalue weighted by Crippen LogP contribution is -2.47. The van der Waals surface area contributed by atoms with E-state index >= 15 is 0 Å². The first-order valence-corrected chi connectivity index (χ1v) is 9.07. The predicted octanol–water partition coefficient (Wildman–Crippen LogP) is 2.95. The van der Waals surface area contributed by atoms with E-state index < -0.39 is 24.0 Å². The van der Waals surface area contributed by atoms with Crippen LogP contribution < -0.4 is 15.8 Å². The van der Waals surface area contributed by atoms with Gasteiger partial charge in [-0.2, -0.15) is 0 Å². The van der Waals surface area contributed by atoms with Crippen LogP contribution in [0, 0.1) is 0 Å². The summed E-state index contributed by atoms with van der Waals surface area (Å²) in [7, 11) is 0. The first-order valence-electron chi connectivity index (χ1n) is 8.66. The second-order valence-corrected chi connectivity index (χ2v) is 7.38. The predicted molar refractivity (Wildman–Crippen MR) is 106 cm³/mol. The van der Waals surface area contributed by atoms with Crippen molar-refractivity contribution in [3.05, 3.63) is 29.3 Å². The number of aliphatic carboxylic acids is 1.